The van der Waals surface area contributed by atoms with Crippen molar-refractivity contribution in [2.45, 2.75) is 45.6 Å². The van der Waals surface area contributed by atoms with Gasteiger partial charge in [0.2, 0.25) is 11.8 Å². The molecule has 0 saturated carbocycles. The largest absolute Gasteiger partial charge is 0.355 e. The SMILES string of the molecule is CC(C)(C(=O)NCCC(=O)[15NH]C[13CH2][13C](=O)ON1C(=O)CCC1=O)C1C[15N]([13CH3])C[13CH2][15N]1[13CH3]. The molecule has 2 saturated heterocycles. The van der Waals surface area contributed by atoms with Crippen molar-refractivity contribution in [2.75, 3.05) is 46.8 Å². The molecule has 0 spiro atoms. The molecule has 1 atom stereocenters. The summed E-state index contributed by atoms with van der Waals surface area (Å²) in [6.45, 7) is 6.65. The number of amides is 4. The van der Waals surface area contributed by atoms with Gasteiger partial charge < -0.3 is 20.4 Å². The molecule has 0 aromatic heterocycles. The van der Waals surface area contributed by atoms with Crippen LogP contribution in [0.25, 0.3) is 0 Å². The van der Waals surface area contributed by atoms with Crippen molar-refractivity contribution < 1.29 is 28.8 Å². The molecule has 0 radical (unpaired) electrons. The average Bonchev–Trinajstić information content (AvgIpc) is 3.01. The Morgan fingerprint density at radius 2 is 1.61 bits per heavy atom. The summed E-state index contributed by atoms with van der Waals surface area (Å²) >= 11 is 0. The highest BCUT2D eigenvalue weighted by Crippen LogP contribution is 2.27. The van der Waals surface area contributed by atoms with E-state index >= 15 is 0 Å². The minimum atomic E-state index is -0.777. The van der Waals surface area contributed by atoms with Crippen LogP contribution in [0.5, 0.6) is 0 Å². The van der Waals surface area contributed by atoms with Gasteiger partial charge in [0.1, 0.15) is 0 Å². The molecule has 4 amide bonds. The fraction of sp³-hybridized carbons (Fsp3) is 0.750. The highest BCUT2D eigenvalue weighted by atomic mass is 16.8. The van der Waals surface area contributed by atoms with Crippen LogP contribution in [0.1, 0.15) is 39.5 Å². The van der Waals surface area contributed by atoms with E-state index < -0.39 is 23.2 Å². The smallest absolute Gasteiger partial charge is 0.334 e. The molecule has 0 aliphatic carbocycles. The third kappa shape index (κ3) is 6.73. The number of hydrogen-bond acceptors (Lipinski definition) is 8. The van der Waals surface area contributed by atoms with Crippen molar-refractivity contribution in [2.24, 2.45) is 5.41 Å². The van der Waals surface area contributed by atoms with E-state index in [9.17, 15) is 24.0 Å². The van der Waals surface area contributed by atoms with Crippen LogP contribution < -0.4 is 10.6 Å². The van der Waals surface area contributed by atoms with Crippen LogP contribution >= 0.6 is 0 Å². The second-order valence-electron chi connectivity index (χ2n) is 8.63. The lowest BCUT2D eigenvalue weighted by atomic mass is 9.84. The van der Waals surface area contributed by atoms with Crippen LogP contribution in [0.4, 0.5) is 0 Å². The van der Waals surface area contributed by atoms with E-state index in [1.54, 1.807) is 0 Å². The number of piperazine rings is 1. The van der Waals surface area contributed by atoms with Gasteiger partial charge in [-0.15, -0.1) is 5.06 Å². The maximum Gasteiger partial charge on any atom is 0.334 e. The molecule has 2 heterocycles. The molecular weight excluding hydrogens is 414 g/mol. The number of imide groups is 1. The van der Waals surface area contributed by atoms with Crippen molar-refractivity contribution in [3.63, 3.8) is 0 Å². The van der Waals surface area contributed by atoms with Gasteiger partial charge in [0, 0.05) is 58.0 Å². The first kappa shape index (κ1) is 24.7. The zero-order valence-electron chi connectivity index (χ0n) is 18.7. The summed E-state index contributed by atoms with van der Waals surface area (Å²) < 4.78 is 0. The third-order valence-corrected chi connectivity index (χ3v) is 5.76. The molecule has 31 heavy (non-hydrogen) atoms. The first-order chi connectivity index (χ1) is 14.5. The van der Waals surface area contributed by atoms with Gasteiger partial charge in [0.15, 0.2) is 0 Å². The molecular formula is C20H33N5O6. The quantitative estimate of drug-likeness (QED) is 0.258. The predicted octanol–water partition coefficient (Wildman–Crippen LogP) is -1.12. The normalized spacial score (nSPS) is 20.6. The maximum atomic E-state index is 12.7. The molecule has 11 nitrogen and oxygen atoms in total. The summed E-state index contributed by atoms with van der Waals surface area (Å²) in [7, 11) is 4.05. The zero-order valence-corrected chi connectivity index (χ0v) is 18.7. The highest BCUT2D eigenvalue weighted by Gasteiger charge is 2.41. The molecule has 0 aromatic rings. The monoisotopic (exact) mass is 447 g/mol. The van der Waals surface area contributed by atoms with Crippen molar-refractivity contribution in [3.05, 3.63) is 0 Å². The molecule has 2 aliphatic heterocycles. The third-order valence-electron chi connectivity index (χ3n) is 5.76. The first-order valence-corrected chi connectivity index (χ1v) is 10.5. The standard InChI is InChI=1S/C20H33N5O6/c1-20(2,14-13-23(3)11-12-24(14)4)19(30)22-9-7-15(26)21-10-8-18(29)31-25-16(27)5-6-17(25)28/h14H,5-13H2,1-4H3,(H,21,26)(H,22,30)/i3+1,4+1,8+1,12+1,18+1,21+1,23+1,24+1. The lowest BCUT2D eigenvalue weighted by molar-refractivity contribution is -0.197. The van der Waals surface area contributed by atoms with Gasteiger partial charge in [-0.2, -0.15) is 0 Å². The first-order valence-electron chi connectivity index (χ1n) is 10.5. The fourth-order valence-corrected chi connectivity index (χ4v) is 3.66. The lowest BCUT2D eigenvalue weighted by Gasteiger charge is -2.45. The molecule has 2 rings (SSSR count). The fourth-order valence-electron chi connectivity index (χ4n) is 3.66. The summed E-state index contributed by atoms with van der Waals surface area (Å²) in [6.07, 6.45) is -0.0533. The Bertz CT molecular complexity index is 709. The van der Waals surface area contributed by atoms with E-state index in [-0.39, 0.29) is 56.6 Å². The van der Waals surface area contributed by atoms with Gasteiger partial charge in [0.25, 0.3) is 11.8 Å². The van der Waals surface area contributed by atoms with Gasteiger partial charge in [-0.05, 0) is 27.9 Å². The number of hydrogen-bond donors (Lipinski definition) is 2. The Morgan fingerprint density at radius 1 is 1.00 bits per heavy atom. The summed E-state index contributed by atoms with van der Waals surface area (Å²) in [6, 6.07) is 0.0699. The van der Waals surface area contributed by atoms with Crippen molar-refractivity contribution in [1.29, 1.82) is 0 Å². The van der Waals surface area contributed by atoms with Crippen LogP contribution in [-0.4, -0.2) is 97.3 Å². The van der Waals surface area contributed by atoms with E-state index in [1.807, 2.05) is 27.9 Å². The molecule has 2 aliphatic rings. The summed E-state index contributed by atoms with van der Waals surface area (Å²) in [4.78, 5) is 68.3. The van der Waals surface area contributed by atoms with Gasteiger partial charge in [0.05, 0.1) is 11.8 Å². The number of nitrogens with one attached hydrogen (secondary N) is 2. The van der Waals surface area contributed by atoms with E-state index in [2.05, 4.69) is 20.4 Å². The number of rotatable bonds is 9. The number of hydroxylamine groups is 2. The maximum absolute atomic E-state index is 12.7. The zero-order chi connectivity index (χ0) is 23.2. The van der Waals surface area contributed by atoms with E-state index in [0.717, 1.165) is 19.6 Å². The topological polar surface area (TPSA) is 128 Å². The predicted molar refractivity (Wildman–Crippen MR) is 110 cm³/mol. The van der Waals surface area contributed by atoms with E-state index in [0.29, 0.717) is 5.06 Å². The number of likely N-dealkylation sites (N-methyl/N-ethyl adjacent to an activating group) is 2. The van der Waals surface area contributed by atoms with Gasteiger partial charge >= 0.3 is 5.97 Å². The van der Waals surface area contributed by atoms with Gasteiger partial charge in [-0.3, -0.25) is 24.1 Å². The molecule has 2 N–H and O–H groups in total. The van der Waals surface area contributed by atoms with Crippen LogP contribution in [-0.2, 0) is 28.8 Å². The number of nitrogens with zero attached hydrogens (tertiary/aromatic N) is 3. The molecule has 2 fully saturated rings. The van der Waals surface area contributed by atoms with Crippen LogP contribution in [0.3, 0.4) is 0 Å². The minimum Gasteiger partial charge on any atom is -0.355 e. The van der Waals surface area contributed by atoms with Crippen molar-refractivity contribution in [3.8, 4) is 0 Å². The Hall–Kier alpha value is -2.53. The Labute approximate surface area is 182 Å². The van der Waals surface area contributed by atoms with Crippen molar-refractivity contribution >= 4 is 29.6 Å². The molecule has 174 valence electrons. The van der Waals surface area contributed by atoms with E-state index in [1.165, 1.54) is 0 Å². The van der Waals surface area contributed by atoms with Crippen LogP contribution in [0, 0.1) is 5.41 Å². The van der Waals surface area contributed by atoms with Gasteiger partial charge in [-0.25, -0.2) is 4.79 Å². The summed E-state index contributed by atoms with van der Waals surface area (Å²) in [5, 5.41) is 5.86. The Kier molecular flexibility index (Phi) is 8.52. The van der Waals surface area contributed by atoms with Crippen LogP contribution in [0.15, 0.2) is 0 Å². The second-order valence-corrected chi connectivity index (χ2v) is 8.63. The molecule has 0 aromatic carbocycles. The van der Waals surface area contributed by atoms with E-state index in [4.69, 9.17) is 4.84 Å². The lowest BCUT2D eigenvalue weighted by Crippen LogP contribution is -2.60. The molecule has 1 unspecified atom stereocenters. The van der Waals surface area contributed by atoms with Crippen molar-refractivity contribution in [1.82, 2.24) is 25.5 Å². The Morgan fingerprint density at radius 3 is 2.26 bits per heavy atom. The molecule has 0 bridgehead atoms. The number of carbonyl (C=O) groups is 5. The highest BCUT2D eigenvalue weighted by molar-refractivity contribution is 6.01. The minimum absolute atomic E-state index is 0.00648. The molecule has 11 heteroatoms. The van der Waals surface area contributed by atoms with Crippen LogP contribution in [0.2, 0.25) is 0 Å². The number of carbonyl (C=O) groups excluding carboxylic acids is 5. The second kappa shape index (κ2) is 10.7. The summed E-state index contributed by atoms with van der Waals surface area (Å²) in [5.41, 5.74) is -0.617. The summed E-state index contributed by atoms with van der Waals surface area (Å²) in [5.74, 6) is -2.32. The van der Waals surface area contributed by atoms with Gasteiger partial charge in [-0.1, -0.05) is 0 Å². The Balaban J connectivity index is 1.65. The average molecular weight is 447 g/mol.